The van der Waals surface area contributed by atoms with Crippen LogP contribution in [-0.4, -0.2) is 30.1 Å². The molecule has 19 heavy (non-hydrogen) atoms. The summed E-state index contributed by atoms with van der Waals surface area (Å²) >= 11 is 0. The van der Waals surface area contributed by atoms with Gasteiger partial charge >= 0.3 is 0 Å². The Morgan fingerprint density at radius 3 is 2.21 bits per heavy atom. The number of nitrogens with zero attached hydrogens (tertiary/aromatic N) is 1. The van der Waals surface area contributed by atoms with E-state index in [9.17, 15) is 0 Å². The van der Waals surface area contributed by atoms with Gasteiger partial charge in [0.15, 0.2) is 0 Å². The number of hydrogen-bond donors (Lipinski definition) is 1. The molecule has 0 radical (unpaired) electrons. The zero-order valence-corrected chi connectivity index (χ0v) is 14.1. The van der Waals surface area contributed by atoms with Crippen molar-refractivity contribution < 1.29 is 0 Å². The predicted octanol–water partition coefficient (Wildman–Crippen LogP) is 4.04. The molecule has 0 aliphatic heterocycles. The Bertz CT molecular complexity index is 258. The maximum atomic E-state index is 6.43. The van der Waals surface area contributed by atoms with Crippen LogP contribution in [0, 0.1) is 11.3 Å². The van der Waals surface area contributed by atoms with E-state index in [2.05, 4.69) is 46.6 Å². The molecular formula is C17H36N2. The Morgan fingerprint density at radius 2 is 1.74 bits per heavy atom. The van der Waals surface area contributed by atoms with E-state index in [1.165, 1.54) is 38.5 Å². The van der Waals surface area contributed by atoms with E-state index in [1.807, 2.05) is 0 Å². The number of likely N-dealkylation sites (N-methyl/N-ethyl adjacent to an activating group) is 1. The molecule has 2 N–H and O–H groups in total. The molecule has 3 atom stereocenters. The molecule has 2 heteroatoms. The smallest absolute Gasteiger partial charge is 0.0249 e. The molecule has 1 aliphatic carbocycles. The maximum absolute atomic E-state index is 6.43. The van der Waals surface area contributed by atoms with Crippen molar-refractivity contribution in [2.45, 2.75) is 91.3 Å². The van der Waals surface area contributed by atoms with Crippen molar-refractivity contribution >= 4 is 0 Å². The van der Waals surface area contributed by atoms with E-state index < -0.39 is 0 Å². The predicted molar refractivity (Wildman–Crippen MR) is 85.3 cm³/mol. The van der Waals surface area contributed by atoms with Gasteiger partial charge in [-0.1, -0.05) is 41.0 Å². The van der Waals surface area contributed by atoms with Crippen molar-refractivity contribution in [3.63, 3.8) is 0 Å². The third-order valence-corrected chi connectivity index (χ3v) is 5.93. The molecule has 1 aliphatic rings. The van der Waals surface area contributed by atoms with E-state index in [-0.39, 0.29) is 0 Å². The van der Waals surface area contributed by atoms with E-state index in [1.54, 1.807) is 0 Å². The minimum absolute atomic E-state index is 0.370. The Labute approximate surface area is 121 Å². The van der Waals surface area contributed by atoms with E-state index in [4.69, 9.17) is 5.73 Å². The highest BCUT2D eigenvalue weighted by Crippen LogP contribution is 2.41. The lowest BCUT2D eigenvalue weighted by Crippen LogP contribution is -2.54. The average Bonchev–Trinajstić information content (AvgIpc) is 2.40. The van der Waals surface area contributed by atoms with Crippen molar-refractivity contribution in [1.29, 1.82) is 0 Å². The first-order valence-corrected chi connectivity index (χ1v) is 8.34. The Kier molecular flexibility index (Phi) is 6.32. The normalized spacial score (nSPS) is 29.2. The zero-order valence-electron chi connectivity index (χ0n) is 14.1. The second-order valence-electron chi connectivity index (χ2n) is 7.22. The van der Waals surface area contributed by atoms with E-state index in [0.29, 0.717) is 23.5 Å². The Balaban J connectivity index is 2.76. The van der Waals surface area contributed by atoms with Crippen LogP contribution in [0.5, 0.6) is 0 Å². The van der Waals surface area contributed by atoms with Crippen LogP contribution in [0.3, 0.4) is 0 Å². The molecule has 1 saturated carbocycles. The van der Waals surface area contributed by atoms with Crippen LogP contribution in [0.15, 0.2) is 0 Å². The first kappa shape index (κ1) is 17.0. The molecule has 2 nitrogen and oxygen atoms in total. The van der Waals surface area contributed by atoms with Gasteiger partial charge in [0.05, 0.1) is 0 Å². The zero-order chi connectivity index (χ0) is 14.6. The number of hydrogen-bond acceptors (Lipinski definition) is 2. The summed E-state index contributed by atoms with van der Waals surface area (Å²) in [5.41, 5.74) is 6.90. The lowest BCUT2D eigenvalue weighted by Gasteiger charge is -2.47. The second-order valence-corrected chi connectivity index (χ2v) is 7.22. The van der Waals surface area contributed by atoms with Crippen molar-refractivity contribution in [2.24, 2.45) is 17.1 Å². The Hall–Kier alpha value is -0.0800. The summed E-state index contributed by atoms with van der Waals surface area (Å²) < 4.78 is 0. The summed E-state index contributed by atoms with van der Waals surface area (Å²) in [6.45, 7) is 11.8. The van der Waals surface area contributed by atoms with Gasteiger partial charge in [-0.2, -0.15) is 0 Å². The van der Waals surface area contributed by atoms with Gasteiger partial charge in [-0.3, -0.25) is 4.90 Å². The molecule has 0 saturated heterocycles. The van der Waals surface area contributed by atoms with Gasteiger partial charge in [-0.15, -0.1) is 0 Å². The van der Waals surface area contributed by atoms with Gasteiger partial charge < -0.3 is 5.73 Å². The van der Waals surface area contributed by atoms with Crippen LogP contribution in [0.25, 0.3) is 0 Å². The third-order valence-electron chi connectivity index (χ3n) is 5.93. The van der Waals surface area contributed by atoms with Crippen LogP contribution in [0.4, 0.5) is 0 Å². The van der Waals surface area contributed by atoms with Crippen LogP contribution < -0.4 is 5.73 Å². The average molecular weight is 268 g/mol. The fourth-order valence-corrected chi connectivity index (χ4v) is 3.77. The van der Waals surface area contributed by atoms with E-state index in [0.717, 1.165) is 5.92 Å². The molecule has 0 aromatic carbocycles. The van der Waals surface area contributed by atoms with Gasteiger partial charge in [0.2, 0.25) is 0 Å². The van der Waals surface area contributed by atoms with Gasteiger partial charge in [-0.05, 0) is 50.5 Å². The second kappa shape index (κ2) is 7.08. The van der Waals surface area contributed by atoms with Crippen LogP contribution in [-0.2, 0) is 0 Å². The minimum Gasteiger partial charge on any atom is -0.326 e. The van der Waals surface area contributed by atoms with Gasteiger partial charge in [0.25, 0.3) is 0 Å². The molecule has 1 fully saturated rings. The number of rotatable bonds is 6. The molecule has 0 aromatic heterocycles. The first-order chi connectivity index (χ1) is 8.87. The van der Waals surface area contributed by atoms with Gasteiger partial charge in [0.1, 0.15) is 0 Å². The summed E-state index contributed by atoms with van der Waals surface area (Å²) in [7, 11) is 2.30. The van der Waals surface area contributed by atoms with Crippen molar-refractivity contribution in [1.82, 2.24) is 4.90 Å². The third kappa shape index (κ3) is 3.95. The van der Waals surface area contributed by atoms with Crippen LogP contribution >= 0.6 is 0 Å². The van der Waals surface area contributed by atoms with Crippen molar-refractivity contribution in [3.05, 3.63) is 0 Å². The minimum atomic E-state index is 0.370. The SMILES string of the molecule is CCC(CC)N(C)C1CC(C(C)(C)CC)CCC1N. The summed E-state index contributed by atoms with van der Waals surface area (Å²) in [5.74, 6) is 0.833. The molecule has 0 aromatic rings. The monoisotopic (exact) mass is 268 g/mol. The van der Waals surface area contributed by atoms with E-state index >= 15 is 0 Å². The summed E-state index contributed by atoms with van der Waals surface area (Å²) in [4.78, 5) is 2.59. The van der Waals surface area contributed by atoms with Crippen LogP contribution in [0.1, 0.15) is 73.1 Å². The fraction of sp³-hybridized carbons (Fsp3) is 1.00. The topological polar surface area (TPSA) is 29.3 Å². The maximum Gasteiger partial charge on any atom is 0.0249 e. The molecule has 114 valence electrons. The molecule has 0 spiro atoms. The highest BCUT2D eigenvalue weighted by Gasteiger charge is 2.38. The molecule has 0 bridgehead atoms. The van der Waals surface area contributed by atoms with Crippen molar-refractivity contribution in [2.75, 3.05) is 7.05 Å². The number of nitrogens with two attached hydrogens (primary N) is 1. The summed E-state index contributed by atoms with van der Waals surface area (Å²) in [5, 5.41) is 0. The largest absolute Gasteiger partial charge is 0.326 e. The van der Waals surface area contributed by atoms with Gasteiger partial charge in [0, 0.05) is 18.1 Å². The molecule has 3 unspecified atom stereocenters. The molecular weight excluding hydrogens is 232 g/mol. The lowest BCUT2D eigenvalue weighted by atomic mass is 9.67. The fourth-order valence-electron chi connectivity index (χ4n) is 3.77. The molecule has 0 heterocycles. The molecule has 1 rings (SSSR count). The van der Waals surface area contributed by atoms with Crippen LogP contribution in [0.2, 0.25) is 0 Å². The highest BCUT2D eigenvalue weighted by atomic mass is 15.2. The Morgan fingerprint density at radius 1 is 1.16 bits per heavy atom. The quantitative estimate of drug-likeness (QED) is 0.788. The lowest BCUT2D eigenvalue weighted by molar-refractivity contribution is 0.0498. The summed E-state index contributed by atoms with van der Waals surface area (Å²) in [6.07, 6.45) is 7.54. The standard InChI is InChI=1S/C17H36N2/c1-7-14(8-2)19(6)16-12-13(10-11-15(16)18)17(4,5)9-3/h13-16H,7-12,18H2,1-6H3. The highest BCUT2D eigenvalue weighted by molar-refractivity contribution is 4.94. The molecule has 0 amide bonds. The first-order valence-electron chi connectivity index (χ1n) is 8.34. The summed E-state index contributed by atoms with van der Waals surface area (Å²) in [6, 6.07) is 1.64. The van der Waals surface area contributed by atoms with Gasteiger partial charge in [-0.25, -0.2) is 0 Å². The van der Waals surface area contributed by atoms with Crippen molar-refractivity contribution in [3.8, 4) is 0 Å².